The van der Waals surface area contributed by atoms with Crippen LogP contribution in [-0.4, -0.2) is 27.6 Å². The molecule has 0 spiro atoms. The van der Waals surface area contributed by atoms with Crippen molar-refractivity contribution in [1.82, 2.24) is 19.9 Å². The summed E-state index contributed by atoms with van der Waals surface area (Å²) in [5.74, 6) is 1.73. The van der Waals surface area contributed by atoms with E-state index >= 15 is 0 Å². The van der Waals surface area contributed by atoms with Crippen molar-refractivity contribution in [2.45, 2.75) is 19.4 Å². The molecule has 4 rings (SSSR count). The third-order valence-electron chi connectivity index (χ3n) is 4.44. The highest BCUT2D eigenvalue weighted by molar-refractivity contribution is 5.77. The predicted molar refractivity (Wildman–Crippen MR) is 88.6 cm³/mol. The zero-order chi connectivity index (χ0) is 14.8. The first kappa shape index (κ1) is 13.5. The van der Waals surface area contributed by atoms with E-state index in [4.69, 9.17) is 4.98 Å². The Morgan fingerprint density at radius 1 is 1.05 bits per heavy atom. The number of benzene rings is 1. The SMILES string of the molecule is c1ccc(-c2nc3cccnc3n2CC2CCNCC2)cc1. The Kier molecular flexibility index (Phi) is 3.60. The molecule has 4 heteroatoms. The van der Waals surface area contributed by atoms with Gasteiger partial charge in [0.15, 0.2) is 5.65 Å². The Bertz CT molecular complexity index is 757. The Balaban J connectivity index is 1.79. The number of pyridine rings is 1. The maximum Gasteiger partial charge on any atom is 0.160 e. The molecule has 1 N–H and O–H groups in total. The van der Waals surface area contributed by atoms with Crippen LogP contribution < -0.4 is 5.32 Å². The van der Waals surface area contributed by atoms with Gasteiger partial charge in [0.2, 0.25) is 0 Å². The van der Waals surface area contributed by atoms with Crippen molar-refractivity contribution in [1.29, 1.82) is 0 Å². The van der Waals surface area contributed by atoms with Crippen molar-refractivity contribution in [2.24, 2.45) is 5.92 Å². The maximum atomic E-state index is 4.83. The number of nitrogens with one attached hydrogen (secondary N) is 1. The first-order valence-corrected chi connectivity index (χ1v) is 7.99. The molecule has 0 atom stereocenters. The number of piperidine rings is 1. The van der Waals surface area contributed by atoms with Crippen molar-refractivity contribution in [3.63, 3.8) is 0 Å². The maximum absolute atomic E-state index is 4.83. The third kappa shape index (κ3) is 2.50. The van der Waals surface area contributed by atoms with E-state index in [0.717, 1.165) is 42.2 Å². The summed E-state index contributed by atoms with van der Waals surface area (Å²) in [6.45, 7) is 3.23. The molecular formula is C18H20N4. The lowest BCUT2D eigenvalue weighted by atomic mass is 9.98. The lowest BCUT2D eigenvalue weighted by Gasteiger charge is -2.23. The van der Waals surface area contributed by atoms with E-state index in [1.54, 1.807) is 0 Å². The minimum Gasteiger partial charge on any atom is -0.317 e. The van der Waals surface area contributed by atoms with E-state index in [1.807, 2.05) is 24.4 Å². The minimum atomic E-state index is 0.697. The van der Waals surface area contributed by atoms with Crippen LogP contribution in [0.5, 0.6) is 0 Å². The monoisotopic (exact) mass is 292 g/mol. The molecule has 1 saturated heterocycles. The van der Waals surface area contributed by atoms with Gasteiger partial charge in [-0.1, -0.05) is 30.3 Å². The van der Waals surface area contributed by atoms with Crippen LogP contribution in [0.1, 0.15) is 12.8 Å². The summed E-state index contributed by atoms with van der Waals surface area (Å²) in [4.78, 5) is 9.41. The van der Waals surface area contributed by atoms with E-state index in [9.17, 15) is 0 Å². The van der Waals surface area contributed by atoms with Gasteiger partial charge in [0.05, 0.1) is 0 Å². The molecule has 0 saturated carbocycles. The smallest absolute Gasteiger partial charge is 0.160 e. The molecule has 4 nitrogen and oxygen atoms in total. The van der Waals surface area contributed by atoms with Crippen LogP contribution in [0.15, 0.2) is 48.7 Å². The van der Waals surface area contributed by atoms with Crippen LogP contribution >= 0.6 is 0 Å². The normalized spacial score (nSPS) is 16.2. The fraction of sp³-hybridized carbons (Fsp3) is 0.333. The number of hydrogen-bond donors (Lipinski definition) is 1. The second kappa shape index (κ2) is 5.89. The highest BCUT2D eigenvalue weighted by atomic mass is 15.1. The van der Waals surface area contributed by atoms with Gasteiger partial charge >= 0.3 is 0 Å². The summed E-state index contributed by atoms with van der Waals surface area (Å²) in [5.41, 5.74) is 3.14. The van der Waals surface area contributed by atoms with Gasteiger partial charge in [-0.3, -0.25) is 0 Å². The van der Waals surface area contributed by atoms with Gasteiger partial charge in [0, 0.05) is 18.3 Å². The molecule has 3 heterocycles. The van der Waals surface area contributed by atoms with Crippen LogP contribution in [0.3, 0.4) is 0 Å². The lowest BCUT2D eigenvalue weighted by molar-refractivity contribution is 0.337. The second-order valence-corrected chi connectivity index (χ2v) is 5.95. The van der Waals surface area contributed by atoms with Crippen molar-refractivity contribution < 1.29 is 0 Å². The lowest BCUT2D eigenvalue weighted by Crippen LogP contribution is -2.30. The topological polar surface area (TPSA) is 42.7 Å². The molecule has 1 fully saturated rings. The highest BCUT2D eigenvalue weighted by Gasteiger charge is 2.19. The average Bonchev–Trinajstić information content (AvgIpc) is 2.95. The number of hydrogen-bond acceptors (Lipinski definition) is 3. The van der Waals surface area contributed by atoms with Crippen LogP contribution in [0.4, 0.5) is 0 Å². The predicted octanol–water partition coefficient (Wildman–Crippen LogP) is 3.10. The Labute approximate surface area is 130 Å². The van der Waals surface area contributed by atoms with Crippen molar-refractivity contribution in [3.8, 4) is 11.4 Å². The fourth-order valence-electron chi connectivity index (χ4n) is 3.26. The number of nitrogens with zero attached hydrogens (tertiary/aromatic N) is 3. The Morgan fingerprint density at radius 2 is 1.86 bits per heavy atom. The fourth-order valence-corrected chi connectivity index (χ4v) is 3.26. The molecule has 2 aromatic heterocycles. The van der Waals surface area contributed by atoms with Gasteiger partial charge in [0.25, 0.3) is 0 Å². The molecule has 1 aliphatic rings. The average molecular weight is 292 g/mol. The Hall–Kier alpha value is -2.20. The molecule has 0 amide bonds. The van der Waals surface area contributed by atoms with Gasteiger partial charge in [-0.25, -0.2) is 9.97 Å². The van der Waals surface area contributed by atoms with E-state index in [2.05, 4.69) is 39.1 Å². The van der Waals surface area contributed by atoms with E-state index < -0.39 is 0 Å². The second-order valence-electron chi connectivity index (χ2n) is 5.95. The van der Waals surface area contributed by atoms with Crippen LogP contribution in [0.2, 0.25) is 0 Å². The summed E-state index contributed by atoms with van der Waals surface area (Å²) in [6, 6.07) is 14.4. The molecule has 22 heavy (non-hydrogen) atoms. The standard InChI is InChI=1S/C18H20N4/c1-2-5-15(6-3-1)17-21-16-7-4-10-20-18(16)22(17)13-14-8-11-19-12-9-14/h1-7,10,14,19H,8-9,11-13H2. The van der Waals surface area contributed by atoms with Crippen molar-refractivity contribution in [3.05, 3.63) is 48.7 Å². The van der Waals surface area contributed by atoms with Gasteiger partial charge in [-0.05, 0) is 44.0 Å². The quantitative estimate of drug-likeness (QED) is 0.806. The summed E-state index contributed by atoms with van der Waals surface area (Å²) in [6.07, 6.45) is 4.30. The minimum absolute atomic E-state index is 0.697. The largest absolute Gasteiger partial charge is 0.317 e. The van der Waals surface area contributed by atoms with Crippen LogP contribution in [-0.2, 0) is 6.54 Å². The van der Waals surface area contributed by atoms with E-state index in [0.29, 0.717) is 5.92 Å². The molecule has 3 aromatic rings. The zero-order valence-corrected chi connectivity index (χ0v) is 12.6. The van der Waals surface area contributed by atoms with Crippen LogP contribution in [0, 0.1) is 5.92 Å². The summed E-state index contributed by atoms with van der Waals surface area (Å²) < 4.78 is 2.31. The van der Waals surface area contributed by atoms with E-state index in [-0.39, 0.29) is 0 Å². The highest BCUT2D eigenvalue weighted by Crippen LogP contribution is 2.26. The van der Waals surface area contributed by atoms with Crippen molar-refractivity contribution in [2.75, 3.05) is 13.1 Å². The third-order valence-corrected chi connectivity index (χ3v) is 4.44. The first-order chi connectivity index (χ1) is 10.9. The zero-order valence-electron chi connectivity index (χ0n) is 12.6. The summed E-state index contributed by atoms with van der Waals surface area (Å²) >= 11 is 0. The molecular weight excluding hydrogens is 272 g/mol. The Morgan fingerprint density at radius 3 is 2.68 bits per heavy atom. The number of rotatable bonds is 3. The number of imidazole rings is 1. The van der Waals surface area contributed by atoms with E-state index in [1.165, 1.54) is 12.8 Å². The summed E-state index contributed by atoms with van der Waals surface area (Å²) in [5, 5.41) is 3.44. The molecule has 1 aromatic carbocycles. The first-order valence-electron chi connectivity index (χ1n) is 7.99. The number of fused-ring (bicyclic) bond motifs is 1. The van der Waals surface area contributed by atoms with Gasteiger partial charge < -0.3 is 9.88 Å². The van der Waals surface area contributed by atoms with Gasteiger partial charge in [0.1, 0.15) is 11.3 Å². The van der Waals surface area contributed by atoms with Crippen LogP contribution in [0.25, 0.3) is 22.6 Å². The molecule has 112 valence electrons. The van der Waals surface area contributed by atoms with Crippen molar-refractivity contribution >= 4 is 11.2 Å². The molecule has 0 bridgehead atoms. The van der Waals surface area contributed by atoms with Gasteiger partial charge in [-0.15, -0.1) is 0 Å². The molecule has 1 aliphatic heterocycles. The number of aromatic nitrogens is 3. The van der Waals surface area contributed by atoms with Gasteiger partial charge in [-0.2, -0.15) is 0 Å². The molecule has 0 aliphatic carbocycles. The molecule has 0 radical (unpaired) electrons. The molecule has 0 unspecified atom stereocenters. The summed E-state index contributed by atoms with van der Waals surface area (Å²) in [7, 11) is 0.